The van der Waals surface area contributed by atoms with Crippen LogP contribution in [0.1, 0.15) is 25.0 Å². The lowest BCUT2D eigenvalue weighted by Crippen LogP contribution is -2.23. The van der Waals surface area contributed by atoms with Crippen molar-refractivity contribution in [2.24, 2.45) is 11.5 Å². The Bertz CT molecular complexity index is 792. The summed E-state index contributed by atoms with van der Waals surface area (Å²) in [7, 11) is 0. The molecule has 148 valence electrons. The van der Waals surface area contributed by atoms with Gasteiger partial charge in [0.05, 0.1) is 13.7 Å². The number of primary amides is 1. The number of benzene rings is 1. The fourth-order valence-electron chi connectivity index (χ4n) is 2.46. The van der Waals surface area contributed by atoms with Crippen LogP contribution in [0.3, 0.4) is 0 Å². The molecule has 2 rings (SSSR count). The van der Waals surface area contributed by atoms with E-state index in [0.29, 0.717) is 28.3 Å². The van der Waals surface area contributed by atoms with Crippen molar-refractivity contribution in [3.05, 3.63) is 56.6 Å². The van der Waals surface area contributed by atoms with Crippen molar-refractivity contribution in [3.63, 3.8) is 0 Å². The van der Waals surface area contributed by atoms with Crippen LogP contribution < -0.4 is 16.8 Å². The SMILES string of the molecule is CC1=C(C(N)=O)SC(/C(SC(I)Cc2cccc(C(F)(F)F)c2)=C(\C)N)N1. The molecule has 1 aromatic carbocycles. The molecule has 5 N–H and O–H groups in total. The molecule has 1 aromatic rings. The van der Waals surface area contributed by atoms with Crippen molar-refractivity contribution in [1.29, 1.82) is 0 Å². The number of rotatable bonds is 6. The molecule has 1 aliphatic rings. The Hall–Kier alpha value is -1.01. The van der Waals surface area contributed by atoms with Crippen LogP contribution in [0.25, 0.3) is 0 Å². The van der Waals surface area contributed by atoms with Gasteiger partial charge in [0.2, 0.25) is 0 Å². The average molecular weight is 529 g/mol. The molecule has 10 heteroatoms. The lowest BCUT2D eigenvalue weighted by Gasteiger charge is -2.20. The summed E-state index contributed by atoms with van der Waals surface area (Å²) in [6, 6.07) is 5.33. The summed E-state index contributed by atoms with van der Waals surface area (Å²) in [5.74, 6) is -0.499. The van der Waals surface area contributed by atoms with Gasteiger partial charge >= 0.3 is 6.18 Å². The first-order valence-corrected chi connectivity index (χ1v) is 10.9. The van der Waals surface area contributed by atoms with Crippen molar-refractivity contribution in [3.8, 4) is 0 Å². The minimum Gasteiger partial charge on any atom is -0.402 e. The highest BCUT2D eigenvalue weighted by Crippen LogP contribution is 2.42. The summed E-state index contributed by atoms with van der Waals surface area (Å²) in [5.41, 5.74) is 12.6. The summed E-state index contributed by atoms with van der Waals surface area (Å²) < 4.78 is 38.6. The smallest absolute Gasteiger partial charge is 0.402 e. The zero-order chi connectivity index (χ0) is 20.4. The summed E-state index contributed by atoms with van der Waals surface area (Å²) in [5, 5.41) is 2.96. The molecule has 0 saturated heterocycles. The molecule has 0 saturated carbocycles. The van der Waals surface area contributed by atoms with Crippen LogP contribution in [-0.2, 0) is 17.4 Å². The van der Waals surface area contributed by atoms with Crippen LogP contribution in [0.5, 0.6) is 0 Å². The van der Waals surface area contributed by atoms with E-state index in [0.717, 1.165) is 11.0 Å². The molecule has 1 amide bonds. The molecule has 0 radical (unpaired) electrons. The predicted octanol–water partition coefficient (Wildman–Crippen LogP) is 4.31. The number of hydrogen-bond acceptors (Lipinski definition) is 5. The first-order chi connectivity index (χ1) is 12.5. The Kier molecular flexibility index (Phi) is 7.42. The van der Waals surface area contributed by atoms with E-state index in [1.165, 1.54) is 35.7 Å². The van der Waals surface area contributed by atoms with Gasteiger partial charge in [0.25, 0.3) is 5.91 Å². The van der Waals surface area contributed by atoms with Gasteiger partial charge in [-0.2, -0.15) is 13.2 Å². The van der Waals surface area contributed by atoms with Crippen LogP contribution in [0, 0.1) is 0 Å². The fourth-order valence-corrected chi connectivity index (χ4v) is 6.14. The molecule has 0 aliphatic carbocycles. The second-order valence-electron chi connectivity index (χ2n) is 5.94. The van der Waals surface area contributed by atoms with E-state index in [1.54, 1.807) is 19.9 Å². The highest BCUT2D eigenvalue weighted by molar-refractivity contribution is 14.1. The lowest BCUT2D eigenvalue weighted by molar-refractivity contribution is -0.137. The van der Waals surface area contributed by atoms with Crippen LogP contribution in [0.2, 0.25) is 0 Å². The Morgan fingerprint density at radius 1 is 1.41 bits per heavy atom. The minimum absolute atomic E-state index is 0.0417. The van der Waals surface area contributed by atoms with Gasteiger partial charge in [-0.3, -0.25) is 4.79 Å². The first kappa shape index (κ1) is 22.3. The van der Waals surface area contributed by atoms with Gasteiger partial charge in [-0.25, -0.2) is 0 Å². The topological polar surface area (TPSA) is 81.1 Å². The molecular weight excluding hydrogens is 510 g/mol. The second-order valence-corrected chi connectivity index (χ2v) is 10.6. The van der Waals surface area contributed by atoms with Crippen LogP contribution in [0.4, 0.5) is 13.2 Å². The number of amides is 1. The summed E-state index contributed by atoms with van der Waals surface area (Å²) >= 11 is 4.96. The monoisotopic (exact) mass is 529 g/mol. The summed E-state index contributed by atoms with van der Waals surface area (Å²) in [6.45, 7) is 3.53. The molecule has 27 heavy (non-hydrogen) atoms. The maximum absolute atomic E-state index is 12.9. The van der Waals surface area contributed by atoms with E-state index in [4.69, 9.17) is 11.5 Å². The Morgan fingerprint density at radius 2 is 2.07 bits per heavy atom. The second kappa shape index (κ2) is 8.99. The molecule has 4 nitrogen and oxygen atoms in total. The number of nitrogens with two attached hydrogens (primary N) is 2. The average Bonchev–Trinajstić information content (AvgIpc) is 2.93. The molecule has 0 aromatic heterocycles. The van der Waals surface area contributed by atoms with Gasteiger partial charge < -0.3 is 16.8 Å². The maximum atomic E-state index is 12.9. The third kappa shape index (κ3) is 5.98. The predicted molar refractivity (Wildman–Crippen MR) is 114 cm³/mol. The Labute approximate surface area is 177 Å². The molecule has 0 fully saturated rings. The molecule has 0 spiro atoms. The minimum atomic E-state index is -4.36. The Balaban J connectivity index is 2.08. The summed E-state index contributed by atoms with van der Waals surface area (Å²) in [6.07, 6.45) is -3.92. The van der Waals surface area contributed by atoms with Gasteiger partial charge in [0, 0.05) is 16.3 Å². The van der Waals surface area contributed by atoms with Gasteiger partial charge in [-0.15, -0.1) is 11.8 Å². The maximum Gasteiger partial charge on any atom is 0.416 e. The number of alkyl halides is 4. The van der Waals surface area contributed by atoms with Crippen molar-refractivity contribution in [2.45, 2.75) is 35.1 Å². The Morgan fingerprint density at radius 3 is 2.59 bits per heavy atom. The number of hydrogen-bond donors (Lipinski definition) is 3. The number of allylic oxidation sites excluding steroid dienone is 2. The number of carbonyl (C=O) groups excluding carboxylic acids is 1. The van der Waals surface area contributed by atoms with E-state index in [9.17, 15) is 18.0 Å². The van der Waals surface area contributed by atoms with Crippen molar-refractivity contribution < 1.29 is 18.0 Å². The molecular formula is C17H19F3IN3OS2. The number of nitrogens with one attached hydrogen (secondary N) is 1. The van der Waals surface area contributed by atoms with E-state index in [2.05, 4.69) is 27.9 Å². The number of carbonyl (C=O) groups is 1. The molecule has 2 atom stereocenters. The molecule has 1 heterocycles. The first-order valence-electron chi connectivity index (χ1n) is 7.86. The van der Waals surface area contributed by atoms with Gasteiger partial charge in [0.15, 0.2) is 0 Å². The molecule has 2 unspecified atom stereocenters. The zero-order valence-electron chi connectivity index (χ0n) is 14.6. The van der Waals surface area contributed by atoms with E-state index in [1.807, 2.05) is 0 Å². The molecule has 0 bridgehead atoms. The standard InChI is InChI=1S/C17H19F3IN3OS2/c1-8(22)13(16-24-9(2)14(27-16)15(23)25)26-12(21)7-10-4-3-5-11(6-10)17(18,19)20/h3-6,12,16,24H,7,22H2,1-2H3,(H2,23,25)/b13-8-. The largest absolute Gasteiger partial charge is 0.416 e. The highest BCUT2D eigenvalue weighted by Gasteiger charge is 2.32. The third-order valence-corrected chi connectivity index (χ3v) is 7.60. The van der Waals surface area contributed by atoms with E-state index < -0.39 is 17.6 Å². The van der Waals surface area contributed by atoms with Crippen LogP contribution >= 0.6 is 46.1 Å². The van der Waals surface area contributed by atoms with Crippen molar-refractivity contribution in [1.82, 2.24) is 5.32 Å². The number of thioether (sulfide) groups is 2. The van der Waals surface area contributed by atoms with E-state index >= 15 is 0 Å². The molecule has 1 aliphatic heterocycles. The quantitative estimate of drug-likeness (QED) is 0.378. The highest BCUT2D eigenvalue weighted by atomic mass is 127. The lowest BCUT2D eigenvalue weighted by atomic mass is 10.1. The van der Waals surface area contributed by atoms with E-state index in [-0.39, 0.29) is 8.63 Å². The van der Waals surface area contributed by atoms with Crippen molar-refractivity contribution >= 4 is 52.0 Å². The number of halogens is 4. The van der Waals surface area contributed by atoms with Crippen LogP contribution in [-0.4, -0.2) is 14.5 Å². The normalized spacial score (nSPS) is 19.6. The van der Waals surface area contributed by atoms with Crippen molar-refractivity contribution in [2.75, 3.05) is 0 Å². The van der Waals surface area contributed by atoms with Gasteiger partial charge in [-0.1, -0.05) is 52.6 Å². The third-order valence-electron chi connectivity index (χ3n) is 3.68. The van der Waals surface area contributed by atoms with Crippen LogP contribution in [0.15, 0.2) is 45.5 Å². The zero-order valence-corrected chi connectivity index (χ0v) is 18.4. The van der Waals surface area contributed by atoms with Gasteiger partial charge in [0.1, 0.15) is 5.37 Å². The summed E-state index contributed by atoms with van der Waals surface area (Å²) in [4.78, 5) is 12.8. The fraction of sp³-hybridized carbons (Fsp3) is 0.353. The van der Waals surface area contributed by atoms with Gasteiger partial charge in [-0.05, 0) is 31.9 Å².